The van der Waals surface area contributed by atoms with Gasteiger partial charge in [-0.3, -0.25) is 0 Å². The fourth-order valence-electron chi connectivity index (χ4n) is 4.28. The van der Waals surface area contributed by atoms with Crippen LogP contribution < -0.4 is 20.2 Å². The molecule has 1 N–H and O–H groups in total. The highest BCUT2D eigenvalue weighted by molar-refractivity contribution is 5.54. The lowest BCUT2D eigenvalue weighted by Crippen LogP contribution is -2.46. The fourth-order valence-corrected chi connectivity index (χ4v) is 4.28. The normalized spacial score (nSPS) is 16.1. The zero-order valence-corrected chi connectivity index (χ0v) is 18.9. The predicted octanol–water partition coefficient (Wildman–Crippen LogP) is 2.70. The van der Waals surface area contributed by atoms with Gasteiger partial charge < -0.3 is 19.6 Å². The second kappa shape index (κ2) is 9.48. The third kappa shape index (κ3) is 4.36. The van der Waals surface area contributed by atoms with Crippen molar-refractivity contribution in [3.05, 3.63) is 65.3 Å². The molecule has 3 aromatic rings. The van der Waals surface area contributed by atoms with Gasteiger partial charge in [0.25, 0.3) is 0 Å². The number of rotatable bonds is 7. The van der Waals surface area contributed by atoms with Crippen molar-refractivity contribution in [1.82, 2.24) is 14.3 Å². The van der Waals surface area contributed by atoms with E-state index in [1.165, 1.54) is 21.3 Å². The minimum absolute atomic E-state index is 0.237. The largest absolute Gasteiger partial charge is 0.497 e. The average Bonchev–Trinajstić information content (AvgIpc) is 3.20. The molecule has 0 radical (unpaired) electrons. The first-order chi connectivity index (χ1) is 15.5. The van der Waals surface area contributed by atoms with Gasteiger partial charge in [0.1, 0.15) is 12.1 Å². The van der Waals surface area contributed by atoms with Gasteiger partial charge in [0.05, 0.1) is 24.9 Å². The van der Waals surface area contributed by atoms with E-state index in [9.17, 15) is 9.90 Å². The van der Waals surface area contributed by atoms with E-state index in [0.29, 0.717) is 6.42 Å². The maximum absolute atomic E-state index is 12.8. The third-order valence-corrected chi connectivity index (χ3v) is 6.19. The average molecular weight is 438 g/mol. The first-order valence-electron chi connectivity index (χ1n) is 11.1. The van der Waals surface area contributed by atoms with Crippen LogP contribution in [0.15, 0.2) is 59.7 Å². The lowest BCUT2D eigenvalue weighted by atomic mass is 10.1. The second-order valence-corrected chi connectivity index (χ2v) is 8.13. The highest BCUT2D eigenvalue weighted by Gasteiger charge is 2.21. The number of anilines is 2. The Kier molecular flexibility index (Phi) is 6.50. The van der Waals surface area contributed by atoms with Gasteiger partial charge in [-0.25, -0.2) is 14.0 Å². The van der Waals surface area contributed by atoms with Gasteiger partial charge in [-0.05, 0) is 61.9 Å². The number of aliphatic hydroxyl groups excluding tert-OH is 1. The van der Waals surface area contributed by atoms with Crippen LogP contribution in [0.5, 0.6) is 5.75 Å². The van der Waals surface area contributed by atoms with Crippen LogP contribution in [0.3, 0.4) is 0 Å². The maximum Gasteiger partial charge on any atom is 0.350 e. The summed E-state index contributed by atoms with van der Waals surface area (Å²) in [6.07, 6.45) is 1.52. The Morgan fingerprint density at radius 2 is 1.44 bits per heavy atom. The summed E-state index contributed by atoms with van der Waals surface area (Å²) >= 11 is 0. The molecule has 1 saturated heterocycles. The lowest BCUT2D eigenvalue weighted by Gasteiger charge is -2.37. The number of aromatic nitrogens is 3. The Labute approximate surface area is 188 Å². The van der Waals surface area contributed by atoms with Crippen LogP contribution in [-0.2, 0) is 0 Å². The summed E-state index contributed by atoms with van der Waals surface area (Å²) in [6.45, 7) is 7.36. The maximum atomic E-state index is 12.8. The number of ether oxygens (including phenoxy) is 1. The lowest BCUT2D eigenvalue weighted by molar-refractivity contribution is 0.118. The van der Waals surface area contributed by atoms with E-state index in [2.05, 4.69) is 27.0 Å². The van der Waals surface area contributed by atoms with Gasteiger partial charge in [-0.15, -0.1) is 0 Å². The summed E-state index contributed by atoms with van der Waals surface area (Å²) < 4.78 is 8.14. The van der Waals surface area contributed by atoms with E-state index in [4.69, 9.17) is 4.74 Å². The Morgan fingerprint density at radius 3 is 1.91 bits per heavy atom. The van der Waals surface area contributed by atoms with Crippen LogP contribution >= 0.6 is 0 Å². The molecule has 1 aromatic heterocycles. The first-order valence-corrected chi connectivity index (χ1v) is 11.1. The number of benzene rings is 2. The Bertz CT molecular complexity index is 1060. The number of piperazine rings is 1. The molecule has 2 heterocycles. The van der Waals surface area contributed by atoms with Gasteiger partial charge in [0.2, 0.25) is 0 Å². The molecule has 1 aliphatic rings. The molecule has 8 nitrogen and oxygen atoms in total. The Hall–Kier alpha value is -3.26. The fraction of sp³-hybridized carbons (Fsp3) is 0.417. The molecular formula is C24H31N5O3. The molecule has 1 fully saturated rings. The van der Waals surface area contributed by atoms with Crippen molar-refractivity contribution < 1.29 is 9.84 Å². The number of methoxy groups -OCH3 is 1. The van der Waals surface area contributed by atoms with Crippen LogP contribution in [0.25, 0.3) is 5.69 Å². The third-order valence-electron chi connectivity index (χ3n) is 6.19. The molecule has 170 valence electrons. The number of nitrogens with zero attached hydrogens (tertiary/aromatic N) is 5. The van der Waals surface area contributed by atoms with E-state index in [0.717, 1.165) is 43.3 Å². The van der Waals surface area contributed by atoms with Gasteiger partial charge in [0.15, 0.2) is 0 Å². The molecular weight excluding hydrogens is 406 g/mol. The molecule has 4 rings (SSSR count). The quantitative estimate of drug-likeness (QED) is 0.613. The predicted molar refractivity (Wildman–Crippen MR) is 126 cm³/mol. The highest BCUT2D eigenvalue weighted by atomic mass is 16.5. The number of hydrogen-bond donors (Lipinski definition) is 1. The highest BCUT2D eigenvalue weighted by Crippen LogP contribution is 2.23. The van der Waals surface area contributed by atoms with Gasteiger partial charge in [0, 0.05) is 37.6 Å². The summed E-state index contributed by atoms with van der Waals surface area (Å²) in [5.74, 6) is 0.869. The minimum Gasteiger partial charge on any atom is -0.497 e. The van der Waals surface area contributed by atoms with E-state index in [1.54, 1.807) is 14.0 Å². The van der Waals surface area contributed by atoms with Crippen molar-refractivity contribution in [2.24, 2.45) is 0 Å². The van der Waals surface area contributed by atoms with Crippen molar-refractivity contribution in [2.45, 2.75) is 32.4 Å². The van der Waals surface area contributed by atoms with Gasteiger partial charge in [-0.1, -0.05) is 6.92 Å². The molecule has 0 amide bonds. The molecule has 1 aliphatic heterocycles. The van der Waals surface area contributed by atoms with Crippen LogP contribution in [-0.4, -0.2) is 58.8 Å². The van der Waals surface area contributed by atoms with Crippen molar-refractivity contribution in [3.63, 3.8) is 0 Å². The monoisotopic (exact) mass is 437 g/mol. The van der Waals surface area contributed by atoms with Crippen LogP contribution in [0, 0.1) is 0 Å². The van der Waals surface area contributed by atoms with Crippen molar-refractivity contribution in [2.75, 3.05) is 43.1 Å². The van der Waals surface area contributed by atoms with Crippen LogP contribution in [0.1, 0.15) is 26.3 Å². The standard InChI is InChI=1S/C24H31N5O3/c1-4-23(18(2)30)29-24(31)28(17-25-29)21-7-5-19(6-8-21)26-13-15-27(16-14-26)20-9-11-22(32-3)12-10-20/h5-12,17-18,23,30H,4,13-16H2,1-3H3/t18?,23-/m0/s1. The minimum atomic E-state index is -0.639. The van der Waals surface area contributed by atoms with Crippen LogP contribution in [0.4, 0.5) is 11.4 Å². The molecule has 2 aromatic carbocycles. The Balaban J connectivity index is 1.42. The number of hydrogen-bond acceptors (Lipinski definition) is 6. The molecule has 1 unspecified atom stereocenters. The van der Waals surface area contributed by atoms with Crippen LogP contribution in [0.2, 0.25) is 0 Å². The molecule has 0 aliphatic carbocycles. The second-order valence-electron chi connectivity index (χ2n) is 8.13. The van der Waals surface area contributed by atoms with Crippen molar-refractivity contribution in [3.8, 4) is 11.4 Å². The smallest absolute Gasteiger partial charge is 0.350 e. The van der Waals surface area contributed by atoms with E-state index in [-0.39, 0.29) is 11.7 Å². The molecule has 32 heavy (non-hydrogen) atoms. The molecule has 0 saturated carbocycles. The van der Waals surface area contributed by atoms with Gasteiger partial charge >= 0.3 is 5.69 Å². The van der Waals surface area contributed by atoms with E-state index < -0.39 is 6.10 Å². The zero-order valence-electron chi connectivity index (χ0n) is 18.9. The molecule has 0 spiro atoms. The zero-order chi connectivity index (χ0) is 22.7. The van der Waals surface area contributed by atoms with Gasteiger partial charge in [-0.2, -0.15) is 5.10 Å². The molecule has 8 heteroatoms. The summed E-state index contributed by atoms with van der Waals surface area (Å²) in [5.41, 5.74) is 2.87. The topological polar surface area (TPSA) is 75.8 Å². The number of aliphatic hydroxyl groups is 1. The molecule has 0 bridgehead atoms. The van der Waals surface area contributed by atoms with E-state index in [1.807, 2.05) is 43.3 Å². The summed E-state index contributed by atoms with van der Waals surface area (Å²) in [6, 6.07) is 15.9. The molecule has 2 atom stereocenters. The van der Waals surface area contributed by atoms with E-state index >= 15 is 0 Å². The van der Waals surface area contributed by atoms with Crippen molar-refractivity contribution >= 4 is 11.4 Å². The summed E-state index contributed by atoms with van der Waals surface area (Å²) in [7, 11) is 1.68. The summed E-state index contributed by atoms with van der Waals surface area (Å²) in [5, 5.41) is 14.2. The Morgan fingerprint density at radius 1 is 0.938 bits per heavy atom. The SMILES string of the molecule is CC[C@@H](C(C)O)n1ncn(-c2ccc(N3CCN(c4ccc(OC)cc4)CC3)cc2)c1=O. The van der Waals surface area contributed by atoms with Crippen molar-refractivity contribution in [1.29, 1.82) is 0 Å². The first kappa shape index (κ1) is 22.0. The summed E-state index contributed by atoms with van der Waals surface area (Å²) in [4.78, 5) is 17.5.